The Morgan fingerprint density at radius 1 is 1.25 bits per heavy atom. The Morgan fingerprint density at radius 2 is 2.00 bits per heavy atom. The van der Waals surface area contributed by atoms with Gasteiger partial charge >= 0.3 is 6.09 Å². The van der Waals surface area contributed by atoms with Gasteiger partial charge < -0.3 is 25.0 Å². The van der Waals surface area contributed by atoms with E-state index in [1.807, 2.05) is 27.7 Å². The van der Waals surface area contributed by atoms with Gasteiger partial charge in [0.1, 0.15) is 5.60 Å². The standard InChI is InChI=1S/C22H35N3O3/c1-16(23-21(26)28-22(2,3)4)19-15-27-13-11-20(19)24-17-10-12-25(14-17)18-8-6-5-7-9-18/h5-9,16-17,19-20,24H,10-15H2,1-4H3,(H,23,26)/t16-,17+,19-,20-/m0/s1. The molecule has 2 saturated heterocycles. The Bertz CT molecular complexity index is 632. The highest BCUT2D eigenvalue weighted by molar-refractivity contribution is 5.68. The van der Waals surface area contributed by atoms with E-state index in [-0.39, 0.29) is 18.1 Å². The summed E-state index contributed by atoms with van der Waals surface area (Å²) in [4.78, 5) is 14.6. The molecular weight excluding hydrogens is 354 g/mol. The second-order valence-corrected chi connectivity index (χ2v) is 9.00. The van der Waals surface area contributed by atoms with Gasteiger partial charge in [0, 0.05) is 49.4 Å². The van der Waals surface area contributed by atoms with Gasteiger partial charge in [-0.2, -0.15) is 0 Å². The van der Waals surface area contributed by atoms with Crippen LogP contribution in [0.5, 0.6) is 0 Å². The van der Waals surface area contributed by atoms with Crippen molar-refractivity contribution in [3.05, 3.63) is 30.3 Å². The van der Waals surface area contributed by atoms with Gasteiger partial charge in [0.05, 0.1) is 6.61 Å². The molecule has 28 heavy (non-hydrogen) atoms. The highest BCUT2D eigenvalue weighted by Gasteiger charge is 2.34. The minimum absolute atomic E-state index is 0.0146. The first-order valence-electron chi connectivity index (χ1n) is 10.4. The average molecular weight is 390 g/mol. The number of alkyl carbamates (subject to hydrolysis) is 1. The lowest BCUT2D eigenvalue weighted by atomic mass is 9.89. The maximum atomic E-state index is 12.2. The van der Waals surface area contributed by atoms with Crippen LogP contribution < -0.4 is 15.5 Å². The van der Waals surface area contributed by atoms with Gasteiger partial charge in [-0.1, -0.05) is 18.2 Å². The number of carbonyl (C=O) groups is 1. The fraction of sp³-hybridized carbons (Fsp3) is 0.682. The number of carbonyl (C=O) groups excluding carboxylic acids is 1. The lowest BCUT2D eigenvalue weighted by Gasteiger charge is -2.38. The molecule has 0 bridgehead atoms. The summed E-state index contributed by atoms with van der Waals surface area (Å²) < 4.78 is 11.1. The van der Waals surface area contributed by atoms with E-state index in [4.69, 9.17) is 9.47 Å². The number of nitrogens with zero attached hydrogens (tertiary/aromatic N) is 1. The van der Waals surface area contributed by atoms with Gasteiger partial charge in [-0.05, 0) is 52.7 Å². The number of para-hydroxylation sites is 1. The van der Waals surface area contributed by atoms with Gasteiger partial charge in [-0.25, -0.2) is 4.79 Å². The van der Waals surface area contributed by atoms with E-state index in [1.165, 1.54) is 5.69 Å². The van der Waals surface area contributed by atoms with Crippen molar-refractivity contribution in [2.45, 2.75) is 64.3 Å². The highest BCUT2D eigenvalue weighted by atomic mass is 16.6. The first-order chi connectivity index (χ1) is 13.3. The molecule has 0 aliphatic carbocycles. The molecule has 2 heterocycles. The van der Waals surface area contributed by atoms with Gasteiger partial charge in [0.25, 0.3) is 0 Å². The smallest absolute Gasteiger partial charge is 0.407 e. The summed E-state index contributed by atoms with van der Waals surface area (Å²) in [7, 11) is 0. The maximum Gasteiger partial charge on any atom is 0.407 e. The van der Waals surface area contributed by atoms with Gasteiger partial charge in [-0.3, -0.25) is 0 Å². The molecule has 2 aliphatic heterocycles. The molecule has 1 aromatic carbocycles. The van der Waals surface area contributed by atoms with Crippen molar-refractivity contribution in [3.63, 3.8) is 0 Å². The van der Waals surface area contributed by atoms with Crippen molar-refractivity contribution >= 4 is 11.8 Å². The molecule has 0 aromatic heterocycles. The minimum Gasteiger partial charge on any atom is -0.444 e. The zero-order chi connectivity index (χ0) is 20.1. The number of anilines is 1. The summed E-state index contributed by atoms with van der Waals surface area (Å²) >= 11 is 0. The summed E-state index contributed by atoms with van der Waals surface area (Å²) in [5, 5.41) is 6.86. The van der Waals surface area contributed by atoms with Crippen molar-refractivity contribution in [2.24, 2.45) is 5.92 Å². The zero-order valence-electron chi connectivity index (χ0n) is 17.6. The molecule has 6 heteroatoms. The lowest BCUT2D eigenvalue weighted by Crippen LogP contribution is -2.55. The topological polar surface area (TPSA) is 62.8 Å². The van der Waals surface area contributed by atoms with E-state index in [9.17, 15) is 4.79 Å². The number of hydrogen-bond acceptors (Lipinski definition) is 5. The first kappa shape index (κ1) is 20.9. The lowest BCUT2D eigenvalue weighted by molar-refractivity contribution is 0.0106. The van der Waals surface area contributed by atoms with E-state index in [1.54, 1.807) is 0 Å². The molecule has 6 nitrogen and oxygen atoms in total. The predicted octanol–water partition coefficient (Wildman–Crippen LogP) is 3.17. The number of benzene rings is 1. The second-order valence-electron chi connectivity index (χ2n) is 9.00. The van der Waals surface area contributed by atoms with E-state index >= 15 is 0 Å². The Kier molecular flexibility index (Phi) is 6.83. The van der Waals surface area contributed by atoms with Crippen molar-refractivity contribution in [1.29, 1.82) is 0 Å². The second kappa shape index (κ2) is 9.14. The molecule has 0 spiro atoms. The van der Waals surface area contributed by atoms with Crippen LogP contribution in [0.3, 0.4) is 0 Å². The predicted molar refractivity (Wildman–Crippen MR) is 112 cm³/mol. The van der Waals surface area contributed by atoms with Gasteiger partial charge in [-0.15, -0.1) is 0 Å². The van der Waals surface area contributed by atoms with Gasteiger partial charge in [0.15, 0.2) is 0 Å². The third-order valence-corrected chi connectivity index (χ3v) is 5.55. The van der Waals surface area contributed by atoms with Crippen LogP contribution in [0, 0.1) is 5.92 Å². The quantitative estimate of drug-likeness (QED) is 0.810. The van der Waals surface area contributed by atoms with Crippen molar-refractivity contribution in [3.8, 4) is 0 Å². The number of amides is 1. The third-order valence-electron chi connectivity index (χ3n) is 5.55. The van der Waals surface area contributed by atoms with Crippen LogP contribution in [-0.4, -0.2) is 56.1 Å². The van der Waals surface area contributed by atoms with E-state index in [2.05, 4.69) is 45.9 Å². The fourth-order valence-corrected chi connectivity index (χ4v) is 4.13. The Labute approximate surface area is 169 Å². The normalized spacial score (nSPS) is 26.7. The largest absolute Gasteiger partial charge is 0.444 e. The van der Waals surface area contributed by atoms with Crippen LogP contribution in [0.4, 0.5) is 10.5 Å². The Balaban J connectivity index is 1.54. The molecule has 2 fully saturated rings. The maximum absolute atomic E-state index is 12.2. The minimum atomic E-state index is -0.491. The van der Waals surface area contributed by atoms with Crippen molar-refractivity contribution in [1.82, 2.24) is 10.6 Å². The van der Waals surface area contributed by atoms with Crippen LogP contribution in [0.1, 0.15) is 40.5 Å². The van der Waals surface area contributed by atoms with Crippen LogP contribution in [0.25, 0.3) is 0 Å². The SMILES string of the molecule is C[C@H](NC(=O)OC(C)(C)C)[C@@H]1COCC[C@@H]1N[C@@H]1CCN(c2ccccc2)C1. The van der Waals surface area contributed by atoms with E-state index < -0.39 is 5.60 Å². The molecule has 156 valence electrons. The number of rotatable bonds is 5. The molecular formula is C22H35N3O3. The molecule has 0 saturated carbocycles. The Hall–Kier alpha value is -1.79. The summed E-state index contributed by atoms with van der Waals surface area (Å²) in [5.74, 6) is 0.229. The third kappa shape index (κ3) is 5.85. The molecule has 0 radical (unpaired) electrons. The highest BCUT2D eigenvalue weighted by Crippen LogP contribution is 2.24. The van der Waals surface area contributed by atoms with Crippen molar-refractivity contribution in [2.75, 3.05) is 31.2 Å². The van der Waals surface area contributed by atoms with Crippen LogP contribution >= 0.6 is 0 Å². The molecule has 1 amide bonds. The summed E-state index contributed by atoms with van der Waals surface area (Å²) in [6.07, 6.45) is 1.74. The van der Waals surface area contributed by atoms with E-state index in [0.717, 1.165) is 32.5 Å². The van der Waals surface area contributed by atoms with Gasteiger partial charge in [0.2, 0.25) is 0 Å². The molecule has 3 rings (SSSR count). The van der Waals surface area contributed by atoms with Crippen LogP contribution in [0.2, 0.25) is 0 Å². The number of nitrogens with one attached hydrogen (secondary N) is 2. The van der Waals surface area contributed by atoms with E-state index in [0.29, 0.717) is 18.7 Å². The molecule has 4 atom stereocenters. The van der Waals surface area contributed by atoms with Crippen molar-refractivity contribution < 1.29 is 14.3 Å². The fourth-order valence-electron chi connectivity index (χ4n) is 4.13. The summed E-state index contributed by atoms with van der Waals surface area (Å²) in [6, 6.07) is 11.4. The molecule has 0 unspecified atom stereocenters. The molecule has 2 N–H and O–H groups in total. The zero-order valence-corrected chi connectivity index (χ0v) is 17.6. The molecule has 2 aliphatic rings. The van der Waals surface area contributed by atoms with Crippen LogP contribution in [-0.2, 0) is 9.47 Å². The number of ether oxygens (including phenoxy) is 2. The monoisotopic (exact) mass is 389 g/mol. The summed E-state index contributed by atoms with van der Waals surface area (Å²) in [5.41, 5.74) is 0.796. The first-order valence-corrected chi connectivity index (χ1v) is 10.4. The summed E-state index contributed by atoms with van der Waals surface area (Å²) in [6.45, 7) is 11.2. The van der Waals surface area contributed by atoms with Crippen LogP contribution in [0.15, 0.2) is 30.3 Å². The average Bonchev–Trinajstić information content (AvgIpc) is 3.10. The molecule has 1 aromatic rings. The Morgan fingerprint density at radius 3 is 2.71 bits per heavy atom. The number of hydrogen-bond donors (Lipinski definition) is 2.